The van der Waals surface area contributed by atoms with Crippen LogP contribution in [0.2, 0.25) is 0 Å². The zero-order chi connectivity index (χ0) is 13.9. The van der Waals surface area contributed by atoms with Gasteiger partial charge >= 0.3 is 0 Å². The number of aryl methyl sites for hydroxylation is 1. The number of amides is 1. The van der Waals surface area contributed by atoms with Crippen LogP contribution in [0.4, 0.5) is 0 Å². The van der Waals surface area contributed by atoms with Gasteiger partial charge in [0.05, 0.1) is 11.4 Å². The van der Waals surface area contributed by atoms with Gasteiger partial charge in [-0.1, -0.05) is 29.8 Å². The van der Waals surface area contributed by atoms with Gasteiger partial charge in [0.1, 0.15) is 11.5 Å². The van der Waals surface area contributed by atoms with Crippen molar-refractivity contribution in [1.82, 2.24) is 4.90 Å². The topological polar surface area (TPSA) is 33.5 Å². The van der Waals surface area contributed by atoms with E-state index in [-0.39, 0.29) is 22.7 Å². The summed E-state index contributed by atoms with van der Waals surface area (Å²) in [5.41, 5.74) is 0. The first kappa shape index (κ1) is 15.3. The average molecular weight is 316 g/mol. The van der Waals surface area contributed by atoms with Crippen LogP contribution in [0.3, 0.4) is 0 Å². The molecule has 1 rings (SSSR count). The van der Waals surface area contributed by atoms with Crippen LogP contribution in [0, 0.1) is 12.8 Å². The molecule has 0 saturated carbocycles. The molecular weight excluding hydrogens is 294 g/mol. The third kappa shape index (κ3) is 3.87. The molecule has 18 heavy (non-hydrogen) atoms. The van der Waals surface area contributed by atoms with Gasteiger partial charge < -0.3 is 9.32 Å². The van der Waals surface area contributed by atoms with E-state index in [4.69, 9.17) is 4.42 Å². The molecule has 1 unspecified atom stereocenters. The lowest BCUT2D eigenvalue weighted by Gasteiger charge is -2.29. The maximum atomic E-state index is 12.4. The highest BCUT2D eigenvalue weighted by Crippen LogP contribution is 2.19. The smallest absolute Gasteiger partial charge is 0.237 e. The van der Waals surface area contributed by atoms with Crippen LogP contribution in [-0.2, 0) is 11.3 Å². The second kappa shape index (κ2) is 6.41. The number of nitrogens with zero attached hydrogens (tertiary/aromatic N) is 1. The molecule has 1 amide bonds. The molecule has 0 aliphatic rings. The summed E-state index contributed by atoms with van der Waals surface area (Å²) >= 11 is 3.47. The van der Waals surface area contributed by atoms with Crippen molar-refractivity contribution in [2.75, 3.05) is 0 Å². The van der Waals surface area contributed by atoms with Crippen LogP contribution in [0.15, 0.2) is 16.5 Å². The van der Waals surface area contributed by atoms with Crippen molar-refractivity contribution >= 4 is 21.8 Å². The third-order valence-corrected chi connectivity index (χ3v) is 4.30. The molecule has 102 valence electrons. The fourth-order valence-corrected chi connectivity index (χ4v) is 1.96. The van der Waals surface area contributed by atoms with Gasteiger partial charge in [0.25, 0.3) is 0 Å². The number of furan rings is 1. The van der Waals surface area contributed by atoms with E-state index >= 15 is 0 Å². The SMILES string of the molecule is Cc1ccc(CN(C(=O)C(Br)C(C)C)C(C)C)o1. The first-order chi connectivity index (χ1) is 8.32. The van der Waals surface area contributed by atoms with E-state index in [0.29, 0.717) is 6.54 Å². The van der Waals surface area contributed by atoms with Crippen LogP contribution in [0.1, 0.15) is 39.2 Å². The van der Waals surface area contributed by atoms with Crippen molar-refractivity contribution in [2.24, 2.45) is 5.92 Å². The van der Waals surface area contributed by atoms with Gasteiger partial charge in [0.2, 0.25) is 5.91 Å². The van der Waals surface area contributed by atoms with Crippen molar-refractivity contribution < 1.29 is 9.21 Å². The monoisotopic (exact) mass is 315 g/mol. The van der Waals surface area contributed by atoms with E-state index in [1.54, 1.807) is 0 Å². The Labute approximate surface area is 118 Å². The van der Waals surface area contributed by atoms with Gasteiger partial charge in [-0.2, -0.15) is 0 Å². The highest BCUT2D eigenvalue weighted by Gasteiger charge is 2.27. The van der Waals surface area contributed by atoms with E-state index in [9.17, 15) is 4.79 Å². The summed E-state index contributed by atoms with van der Waals surface area (Å²) in [5.74, 6) is 2.10. The van der Waals surface area contributed by atoms with Gasteiger partial charge in [0, 0.05) is 6.04 Å². The second-order valence-corrected chi connectivity index (χ2v) is 6.20. The minimum atomic E-state index is -0.143. The Balaban J connectivity index is 2.80. The van der Waals surface area contributed by atoms with Crippen molar-refractivity contribution in [3.8, 4) is 0 Å². The quantitative estimate of drug-likeness (QED) is 0.775. The Hall–Kier alpha value is -0.770. The summed E-state index contributed by atoms with van der Waals surface area (Å²) in [7, 11) is 0. The highest BCUT2D eigenvalue weighted by molar-refractivity contribution is 9.10. The van der Waals surface area contributed by atoms with Crippen molar-refractivity contribution in [1.29, 1.82) is 0 Å². The zero-order valence-electron chi connectivity index (χ0n) is 11.7. The van der Waals surface area contributed by atoms with Crippen LogP contribution < -0.4 is 0 Å². The lowest BCUT2D eigenvalue weighted by molar-refractivity contribution is -0.133. The van der Waals surface area contributed by atoms with Crippen molar-refractivity contribution in [3.05, 3.63) is 23.7 Å². The molecule has 4 heteroatoms. The lowest BCUT2D eigenvalue weighted by Crippen LogP contribution is -2.42. The third-order valence-electron chi connectivity index (χ3n) is 2.85. The van der Waals surface area contributed by atoms with Gasteiger partial charge in [-0.05, 0) is 38.8 Å². The molecule has 1 atom stereocenters. The summed E-state index contributed by atoms with van der Waals surface area (Å²) in [6, 6.07) is 4.00. The summed E-state index contributed by atoms with van der Waals surface area (Å²) in [4.78, 5) is 14.1. The molecule has 0 aliphatic carbocycles. The molecule has 0 radical (unpaired) electrons. The molecule has 0 N–H and O–H groups in total. The fraction of sp³-hybridized carbons (Fsp3) is 0.643. The molecule has 0 aromatic carbocycles. The maximum absolute atomic E-state index is 12.4. The van der Waals surface area contributed by atoms with Gasteiger partial charge in [-0.3, -0.25) is 4.79 Å². The molecule has 1 aromatic heterocycles. The number of rotatable bonds is 5. The first-order valence-corrected chi connectivity index (χ1v) is 7.24. The number of carbonyl (C=O) groups excluding carboxylic acids is 1. The van der Waals surface area contributed by atoms with Crippen LogP contribution >= 0.6 is 15.9 Å². The zero-order valence-corrected chi connectivity index (χ0v) is 13.3. The normalized spacial score (nSPS) is 13.1. The standard InChI is InChI=1S/C14H22BrNO2/c1-9(2)13(15)14(17)16(10(3)4)8-12-7-6-11(5)18-12/h6-7,9-10,13H,8H2,1-5H3. The minimum Gasteiger partial charge on any atom is -0.464 e. The Kier molecular flexibility index (Phi) is 5.45. The van der Waals surface area contributed by atoms with E-state index < -0.39 is 0 Å². The van der Waals surface area contributed by atoms with E-state index in [1.807, 2.05) is 51.7 Å². The van der Waals surface area contributed by atoms with Crippen molar-refractivity contribution in [2.45, 2.75) is 52.0 Å². The number of hydrogen-bond donors (Lipinski definition) is 0. The van der Waals surface area contributed by atoms with Crippen LogP contribution in [0.25, 0.3) is 0 Å². The molecule has 0 aliphatic heterocycles. The van der Waals surface area contributed by atoms with Gasteiger partial charge in [0.15, 0.2) is 0 Å². The number of carbonyl (C=O) groups is 1. The number of halogens is 1. The lowest BCUT2D eigenvalue weighted by atomic mass is 10.1. The maximum Gasteiger partial charge on any atom is 0.237 e. The molecular formula is C14H22BrNO2. The Morgan fingerprint density at radius 1 is 1.33 bits per heavy atom. The van der Waals surface area contributed by atoms with Crippen LogP contribution in [0.5, 0.6) is 0 Å². The molecule has 3 nitrogen and oxygen atoms in total. The number of alkyl halides is 1. The molecule has 1 aromatic rings. The highest BCUT2D eigenvalue weighted by atomic mass is 79.9. The molecule has 1 heterocycles. The summed E-state index contributed by atoms with van der Waals surface area (Å²) in [6.45, 7) is 10.5. The molecule has 0 spiro atoms. The van der Waals surface area contributed by atoms with Crippen LogP contribution in [-0.4, -0.2) is 21.7 Å². The Morgan fingerprint density at radius 3 is 2.33 bits per heavy atom. The number of hydrogen-bond acceptors (Lipinski definition) is 2. The van der Waals surface area contributed by atoms with E-state index in [0.717, 1.165) is 11.5 Å². The Morgan fingerprint density at radius 2 is 1.94 bits per heavy atom. The van der Waals surface area contributed by atoms with E-state index in [2.05, 4.69) is 15.9 Å². The predicted molar refractivity (Wildman–Crippen MR) is 76.7 cm³/mol. The molecule has 0 saturated heterocycles. The van der Waals surface area contributed by atoms with Gasteiger partial charge in [-0.25, -0.2) is 0 Å². The summed E-state index contributed by atoms with van der Waals surface area (Å²) < 4.78 is 5.55. The molecule has 0 bridgehead atoms. The largest absolute Gasteiger partial charge is 0.464 e. The minimum absolute atomic E-state index is 0.119. The fourth-order valence-electron chi connectivity index (χ4n) is 1.70. The summed E-state index contributed by atoms with van der Waals surface area (Å²) in [6.07, 6.45) is 0. The predicted octanol–water partition coefficient (Wildman–Crippen LogP) is 3.74. The first-order valence-electron chi connectivity index (χ1n) is 6.32. The average Bonchev–Trinajstić information content (AvgIpc) is 2.69. The molecule has 0 fully saturated rings. The van der Waals surface area contributed by atoms with E-state index in [1.165, 1.54) is 0 Å². The van der Waals surface area contributed by atoms with Gasteiger partial charge in [-0.15, -0.1) is 0 Å². The summed E-state index contributed by atoms with van der Waals surface area (Å²) in [5, 5.41) is 0. The Bertz CT molecular complexity index is 398. The second-order valence-electron chi connectivity index (χ2n) is 5.22. The van der Waals surface area contributed by atoms with Crippen molar-refractivity contribution in [3.63, 3.8) is 0 Å².